The second-order valence-corrected chi connectivity index (χ2v) is 9.39. The SMILES string of the molecule is Cc1ccc(C)c(N2CCN([C@@H](c3ccc(F)cc3)c3nnnn3C(C)(C)C)CC2)c1. The predicted molar refractivity (Wildman–Crippen MR) is 121 cm³/mol. The fraction of sp³-hybridized carbons (Fsp3) is 0.458. The normalized spacial score (nSPS) is 16.5. The molecular formula is C24H31FN6. The van der Waals surface area contributed by atoms with Gasteiger partial charge < -0.3 is 4.90 Å². The Hall–Kier alpha value is -2.80. The summed E-state index contributed by atoms with van der Waals surface area (Å²) in [6.45, 7) is 14.1. The summed E-state index contributed by atoms with van der Waals surface area (Å²) in [5, 5.41) is 12.7. The Morgan fingerprint density at radius 3 is 2.26 bits per heavy atom. The highest BCUT2D eigenvalue weighted by molar-refractivity contribution is 5.55. The molecule has 0 unspecified atom stereocenters. The number of anilines is 1. The monoisotopic (exact) mass is 422 g/mol. The standard InChI is InChI=1S/C24H31FN6/c1-17-6-7-18(2)21(16-17)29-12-14-30(15-13-29)22(19-8-10-20(25)11-9-19)23-26-27-28-31(23)24(3,4)5/h6-11,16,22H,12-15H2,1-5H3/t22-/m0/s1. The van der Waals surface area contributed by atoms with Crippen molar-refractivity contribution in [2.24, 2.45) is 0 Å². The molecule has 1 saturated heterocycles. The molecular weight excluding hydrogens is 391 g/mol. The molecule has 1 fully saturated rings. The summed E-state index contributed by atoms with van der Waals surface area (Å²) in [7, 11) is 0. The van der Waals surface area contributed by atoms with Crippen molar-refractivity contribution in [1.82, 2.24) is 25.1 Å². The fourth-order valence-corrected chi connectivity index (χ4v) is 4.29. The summed E-state index contributed by atoms with van der Waals surface area (Å²) < 4.78 is 15.5. The number of tetrazole rings is 1. The molecule has 0 N–H and O–H groups in total. The van der Waals surface area contributed by atoms with Gasteiger partial charge in [-0.1, -0.05) is 24.3 Å². The third kappa shape index (κ3) is 4.46. The molecule has 164 valence electrons. The minimum absolute atomic E-state index is 0.129. The average molecular weight is 423 g/mol. The van der Waals surface area contributed by atoms with Gasteiger partial charge in [0.05, 0.1) is 11.6 Å². The van der Waals surface area contributed by atoms with Crippen molar-refractivity contribution in [2.45, 2.75) is 46.2 Å². The molecule has 1 atom stereocenters. The average Bonchev–Trinajstić information content (AvgIpc) is 3.22. The van der Waals surface area contributed by atoms with Crippen LogP contribution in [-0.2, 0) is 5.54 Å². The highest BCUT2D eigenvalue weighted by Gasteiger charge is 2.33. The molecule has 0 spiro atoms. The minimum atomic E-state index is -0.252. The van der Waals surface area contributed by atoms with Gasteiger partial charge in [0.25, 0.3) is 0 Å². The van der Waals surface area contributed by atoms with Crippen LogP contribution >= 0.6 is 0 Å². The van der Waals surface area contributed by atoms with Gasteiger partial charge >= 0.3 is 0 Å². The van der Waals surface area contributed by atoms with E-state index in [-0.39, 0.29) is 17.4 Å². The first-order chi connectivity index (χ1) is 14.7. The maximum absolute atomic E-state index is 13.6. The van der Waals surface area contributed by atoms with Gasteiger partial charge in [-0.2, -0.15) is 0 Å². The van der Waals surface area contributed by atoms with Crippen LogP contribution in [0.3, 0.4) is 0 Å². The number of hydrogen-bond donors (Lipinski definition) is 0. The van der Waals surface area contributed by atoms with Crippen LogP contribution < -0.4 is 4.90 Å². The topological polar surface area (TPSA) is 50.1 Å². The summed E-state index contributed by atoms with van der Waals surface area (Å²) in [4.78, 5) is 4.86. The zero-order valence-electron chi connectivity index (χ0n) is 19.0. The summed E-state index contributed by atoms with van der Waals surface area (Å²) in [6, 6.07) is 13.2. The predicted octanol–water partition coefficient (Wildman–Crippen LogP) is 4.10. The van der Waals surface area contributed by atoms with Gasteiger partial charge in [-0.3, -0.25) is 4.90 Å². The fourth-order valence-electron chi connectivity index (χ4n) is 4.29. The summed E-state index contributed by atoms with van der Waals surface area (Å²) in [5.41, 5.74) is 4.62. The number of piperazine rings is 1. The Kier molecular flexibility index (Phi) is 5.79. The van der Waals surface area contributed by atoms with Crippen LogP contribution in [0.25, 0.3) is 0 Å². The Morgan fingerprint density at radius 1 is 0.935 bits per heavy atom. The van der Waals surface area contributed by atoms with E-state index in [9.17, 15) is 4.39 Å². The van der Waals surface area contributed by atoms with Crippen LogP contribution in [0.5, 0.6) is 0 Å². The van der Waals surface area contributed by atoms with Crippen LogP contribution in [0.4, 0.5) is 10.1 Å². The lowest BCUT2D eigenvalue weighted by Crippen LogP contribution is -2.49. The Morgan fingerprint density at radius 2 is 1.61 bits per heavy atom. The zero-order valence-corrected chi connectivity index (χ0v) is 19.0. The molecule has 1 aliphatic rings. The molecule has 6 nitrogen and oxygen atoms in total. The smallest absolute Gasteiger partial charge is 0.173 e. The van der Waals surface area contributed by atoms with E-state index in [4.69, 9.17) is 0 Å². The van der Waals surface area contributed by atoms with E-state index < -0.39 is 0 Å². The summed E-state index contributed by atoms with van der Waals surface area (Å²) in [5.74, 6) is 0.553. The number of halogens is 1. The number of rotatable bonds is 4. The van der Waals surface area contributed by atoms with E-state index >= 15 is 0 Å². The van der Waals surface area contributed by atoms with Gasteiger partial charge in [-0.05, 0) is 79.9 Å². The van der Waals surface area contributed by atoms with Crippen molar-refractivity contribution in [1.29, 1.82) is 0 Å². The third-order valence-electron chi connectivity index (χ3n) is 5.94. The van der Waals surface area contributed by atoms with Crippen molar-refractivity contribution in [2.75, 3.05) is 31.1 Å². The maximum Gasteiger partial charge on any atom is 0.173 e. The van der Waals surface area contributed by atoms with Crippen LogP contribution in [0.2, 0.25) is 0 Å². The van der Waals surface area contributed by atoms with E-state index in [0.29, 0.717) is 0 Å². The number of benzene rings is 2. The van der Waals surface area contributed by atoms with E-state index in [1.807, 2.05) is 16.8 Å². The molecule has 1 aliphatic heterocycles. The quantitative estimate of drug-likeness (QED) is 0.634. The molecule has 0 saturated carbocycles. The molecule has 1 aromatic heterocycles. The van der Waals surface area contributed by atoms with Crippen molar-refractivity contribution >= 4 is 5.69 Å². The number of hydrogen-bond acceptors (Lipinski definition) is 5. The van der Waals surface area contributed by atoms with Gasteiger partial charge in [0.2, 0.25) is 0 Å². The summed E-state index contributed by atoms with van der Waals surface area (Å²) >= 11 is 0. The Balaban J connectivity index is 1.64. The van der Waals surface area contributed by atoms with E-state index in [1.165, 1.54) is 28.9 Å². The van der Waals surface area contributed by atoms with Crippen molar-refractivity contribution in [3.63, 3.8) is 0 Å². The lowest BCUT2D eigenvalue weighted by molar-refractivity contribution is 0.191. The van der Waals surface area contributed by atoms with Crippen molar-refractivity contribution < 1.29 is 4.39 Å². The van der Waals surface area contributed by atoms with Gasteiger partial charge in [-0.15, -0.1) is 5.10 Å². The largest absolute Gasteiger partial charge is 0.369 e. The minimum Gasteiger partial charge on any atom is -0.369 e. The van der Waals surface area contributed by atoms with Crippen molar-refractivity contribution in [3.8, 4) is 0 Å². The molecule has 3 aromatic rings. The highest BCUT2D eigenvalue weighted by Crippen LogP contribution is 2.32. The Bertz CT molecular complexity index is 1030. The molecule has 7 heteroatoms. The first-order valence-corrected chi connectivity index (χ1v) is 10.8. The molecule has 0 amide bonds. The molecule has 0 aliphatic carbocycles. The molecule has 31 heavy (non-hydrogen) atoms. The highest BCUT2D eigenvalue weighted by atomic mass is 19.1. The molecule has 2 aromatic carbocycles. The Labute approximate surface area is 183 Å². The molecule has 0 bridgehead atoms. The number of aromatic nitrogens is 4. The second kappa shape index (κ2) is 8.38. The number of aryl methyl sites for hydroxylation is 2. The van der Waals surface area contributed by atoms with Crippen LogP contribution in [0, 0.1) is 19.7 Å². The lowest BCUT2D eigenvalue weighted by Gasteiger charge is -2.41. The van der Waals surface area contributed by atoms with Gasteiger partial charge in [0.15, 0.2) is 5.82 Å². The zero-order chi connectivity index (χ0) is 22.2. The van der Waals surface area contributed by atoms with E-state index in [1.54, 1.807) is 0 Å². The maximum atomic E-state index is 13.6. The first-order valence-electron chi connectivity index (χ1n) is 10.8. The molecule has 0 radical (unpaired) electrons. The first kappa shape index (κ1) is 21.4. The van der Waals surface area contributed by atoms with Crippen molar-refractivity contribution in [3.05, 3.63) is 70.8 Å². The third-order valence-corrected chi connectivity index (χ3v) is 5.94. The van der Waals surface area contributed by atoms with Crippen LogP contribution in [-0.4, -0.2) is 51.3 Å². The molecule has 2 heterocycles. The lowest BCUT2D eigenvalue weighted by atomic mass is 10.0. The van der Waals surface area contributed by atoms with Gasteiger partial charge in [0.1, 0.15) is 5.82 Å². The number of nitrogens with zero attached hydrogens (tertiary/aromatic N) is 6. The second-order valence-electron chi connectivity index (χ2n) is 9.39. The van der Waals surface area contributed by atoms with E-state index in [2.05, 4.69) is 78.1 Å². The van der Waals surface area contributed by atoms with Gasteiger partial charge in [-0.25, -0.2) is 9.07 Å². The van der Waals surface area contributed by atoms with Crippen LogP contribution in [0.15, 0.2) is 42.5 Å². The van der Waals surface area contributed by atoms with Gasteiger partial charge in [0, 0.05) is 31.9 Å². The van der Waals surface area contributed by atoms with Crippen LogP contribution in [0.1, 0.15) is 49.3 Å². The summed E-state index contributed by atoms with van der Waals surface area (Å²) in [6.07, 6.45) is 0. The van der Waals surface area contributed by atoms with E-state index in [0.717, 1.165) is 37.6 Å². The molecule has 4 rings (SSSR count).